The van der Waals surface area contributed by atoms with Gasteiger partial charge in [-0.3, -0.25) is 0 Å². The van der Waals surface area contributed by atoms with E-state index in [2.05, 4.69) is 137 Å². The fourth-order valence-corrected chi connectivity index (χ4v) is 6.47. The number of hydrogen-bond acceptors (Lipinski definition) is 2. The molecule has 0 aromatic heterocycles. The van der Waals surface area contributed by atoms with Gasteiger partial charge < -0.3 is 9.69 Å². The zero-order valence-electron chi connectivity index (χ0n) is 26.6. The molecule has 0 radical (unpaired) electrons. The second-order valence-electron chi connectivity index (χ2n) is 12.8. The number of ketones is 1. The summed E-state index contributed by atoms with van der Waals surface area (Å²) in [6.45, 7) is 19.5. The number of unbranched alkanes of at least 4 members (excludes halogenated alkanes) is 2. The molecule has 0 unspecified atom stereocenters. The van der Waals surface area contributed by atoms with Crippen LogP contribution in [0.4, 0.5) is 11.4 Å². The Morgan fingerprint density at radius 3 is 2.20 bits per heavy atom. The minimum absolute atomic E-state index is 0.0150. The van der Waals surface area contributed by atoms with Crippen molar-refractivity contribution in [1.82, 2.24) is 0 Å². The summed E-state index contributed by atoms with van der Waals surface area (Å²) in [5.74, 6) is 0.287. The fourth-order valence-electron chi connectivity index (χ4n) is 6.47. The number of aryl methyl sites for hydroxylation is 2. The van der Waals surface area contributed by atoms with Crippen molar-refractivity contribution < 1.29 is 9.37 Å². The summed E-state index contributed by atoms with van der Waals surface area (Å²) in [5.41, 5.74) is 10.7. The molecule has 41 heavy (non-hydrogen) atoms. The number of anilines is 1. The lowest BCUT2D eigenvalue weighted by atomic mass is 9.81. The van der Waals surface area contributed by atoms with Gasteiger partial charge in [0.25, 0.3) is 0 Å². The maximum absolute atomic E-state index is 11.3. The van der Waals surface area contributed by atoms with Gasteiger partial charge in [0.05, 0.1) is 5.41 Å². The lowest BCUT2D eigenvalue weighted by Crippen LogP contribution is -2.27. The third-order valence-corrected chi connectivity index (χ3v) is 8.77. The van der Waals surface area contributed by atoms with E-state index in [1.54, 1.807) is 6.92 Å². The van der Waals surface area contributed by atoms with Gasteiger partial charge in [0.2, 0.25) is 5.69 Å². The van der Waals surface area contributed by atoms with Crippen LogP contribution in [0.5, 0.6) is 0 Å². The zero-order chi connectivity index (χ0) is 29.8. The molecule has 3 nitrogen and oxygen atoms in total. The maximum atomic E-state index is 11.3. The minimum atomic E-state index is -0.0592. The second kappa shape index (κ2) is 12.6. The summed E-state index contributed by atoms with van der Waals surface area (Å²) in [6, 6.07) is 13.7. The van der Waals surface area contributed by atoms with E-state index in [-0.39, 0.29) is 16.6 Å². The standard InChI is InChI=1S/C38H49N2O/c1-9-39-33-23-21-28(2)26-31(33)37(5,6)35(39)19-15-11-10-12-16-20-36-38(7,8)32-27-29(3)22-24-34(32)40(36)25-17-13-14-18-30(4)41/h10-12,15-16,19-24,26-27H,9,13-14,17-18,25H2,1-8H3/q+1. The van der Waals surface area contributed by atoms with Crippen molar-refractivity contribution in [2.75, 3.05) is 18.0 Å². The molecule has 0 spiro atoms. The third kappa shape index (κ3) is 6.40. The minimum Gasteiger partial charge on any atom is -0.344 e. The molecule has 2 aliphatic heterocycles. The predicted molar refractivity (Wildman–Crippen MR) is 176 cm³/mol. The van der Waals surface area contributed by atoms with Crippen molar-refractivity contribution in [2.45, 2.75) is 91.9 Å². The first kappa shape index (κ1) is 30.5. The Kier molecular flexibility index (Phi) is 9.37. The van der Waals surface area contributed by atoms with Gasteiger partial charge >= 0.3 is 0 Å². The molecule has 2 aliphatic rings. The van der Waals surface area contributed by atoms with E-state index in [0.717, 1.165) is 32.4 Å². The van der Waals surface area contributed by atoms with Crippen LogP contribution < -0.4 is 4.90 Å². The Morgan fingerprint density at radius 1 is 0.829 bits per heavy atom. The first-order chi connectivity index (χ1) is 19.5. The lowest BCUT2D eigenvalue weighted by molar-refractivity contribution is -0.433. The number of allylic oxidation sites excluding steroid dienone is 8. The van der Waals surface area contributed by atoms with E-state index in [9.17, 15) is 4.79 Å². The molecule has 0 N–H and O–H groups in total. The van der Waals surface area contributed by atoms with E-state index in [1.807, 2.05) is 0 Å². The average Bonchev–Trinajstić information content (AvgIpc) is 3.25. The van der Waals surface area contributed by atoms with Crippen molar-refractivity contribution in [1.29, 1.82) is 0 Å². The Labute approximate surface area is 248 Å². The maximum Gasteiger partial charge on any atom is 0.209 e. The quantitative estimate of drug-likeness (QED) is 0.158. The van der Waals surface area contributed by atoms with E-state index in [0.29, 0.717) is 6.42 Å². The molecule has 216 valence electrons. The van der Waals surface area contributed by atoms with Gasteiger partial charge in [-0.2, -0.15) is 4.58 Å². The van der Waals surface area contributed by atoms with E-state index < -0.39 is 0 Å². The van der Waals surface area contributed by atoms with Crippen molar-refractivity contribution in [2.24, 2.45) is 0 Å². The molecule has 0 bridgehead atoms. The van der Waals surface area contributed by atoms with Gasteiger partial charge in [0, 0.05) is 47.5 Å². The highest BCUT2D eigenvalue weighted by Crippen LogP contribution is 2.48. The Bertz CT molecular complexity index is 1440. The van der Waals surface area contributed by atoms with Crippen molar-refractivity contribution in [3.63, 3.8) is 0 Å². The number of nitrogens with zero attached hydrogens (tertiary/aromatic N) is 2. The highest BCUT2D eigenvalue weighted by molar-refractivity contribution is 6.03. The van der Waals surface area contributed by atoms with E-state index >= 15 is 0 Å². The van der Waals surface area contributed by atoms with Crippen LogP contribution in [0.3, 0.4) is 0 Å². The van der Waals surface area contributed by atoms with Gasteiger partial charge in [-0.1, -0.05) is 80.0 Å². The molecule has 0 aliphatic carbocycles. The van der Waals surface area contributed by atoms with Crippen molar-refractivity contribution in [3.8, 4) is 0 Å². The van der Waals surface area contributed by atoms with Gasteiger partial charge in [-0.15, -0.1) is 0 Å². The number of carbonyl (C=O) groups excluding carboxylic acids is 1. The summed E-state index contributed by atoms with van der Waals surface area (Å²) >= 11 is 0. The molecule has 0 saturated carbocycles. The van der Waals surface area contributed by atoms with Gasteiger partial charge in [-0.25, -0.2) is 0 Å². The largest absolute Gasteiger partial charge is 0.344 e. The molecule has 4 rings (SSSR count). The van der Waals surface area contributed by atoms with Crippen LogP contribution in [-0.4, -0.2) is 29.2 Å². The van der Waals surface area contributed by atoms with Crippen LogP contribution in [0.1, 0.15) is 89.5 Å². The molecule has 3 heteroatoms. The molecule has 2 aromatic rings. The fraction of sp³-hybridized carbons (Fsp3) is 0.421. The highest BCUT2D eigenvalue weighted by Gasteiger charge is 2.43. The lowest BCUT2D eigenvalue weighted by Gasteiger charge is -2.27. The van der Waals surface area contributed by atoms with E-state index in [4.69, 9.17) is 0 Å². The van der Waals surface area contributed by atoms with Crippen LogP contribution in [-0.2, 0) is 15.6 Å². The molecular formula is C38H49N2O+. The van der Waals surface area contributed by atoms with Crippen LogP contribution in [0.15, 0.2) is 84.6 Å². The molecule has 0 atom stereocenters. The zero-order valence-corrected chi connectivity index (χ0v) is 26.6. The predicted octanol–water partition coefficient (Wildman–Crippen LogP) is 9.20. The second-order valence-corrected chi connectivity index (χ2v) is 12.8. The van der Waals surface area contributed by atoms with Crippen LogP contribution in [0.2, 0.25) is 0 Å². The molecular weight excluding hydrogens is 500 g/mol. The van der Waals surface area contributed by atoms with Crippen molar-refractivity contribution >= 4 is 22.9 Å². The molecule has 2 aromatic carbocycles. The monoisotopic (exact) mass is 549 g/mol. The summed E-state index contributed by atoms with van der Waals surface area (Å²) in [7, 11) is 0. The van der Waals surface area contributed by atoms with Crippen LogP contribution >= 0.6 is 0 Å². The first-order valence-electron chi connectivity index (χ1n) is 15.3. The number of benzene rings is 2. The topological polar surface area (TPSA) is 23.3 Å². The van der Waals surface area contributed by atoms with E-state index in [1.165, 1.54) is 45.0 Å². The molecule has 0 amide bonds. The smallest absolute Gasteiger partial charge is 0.209 e. The Balaban J connectivity index is 1.49. The Morgan fingerprint density at radius 2 is 1.49 bits per heavy atom. The van der Waals surface area contributed by atoms with Crippen molar-refractivity contribution in [3.05, 3.63) is 107 Å². The first-order valence-corrected chi connectivity index (χ1v) is 15.3. The summed E-state index contributed by atoms with van der Waals surface area (Å²) in [6.07, 6.45) is 19.1. The third-order valence-electron chi connectivity index (χ3n) is 8.77. The number of rotatable bonds is 11. The van der Waals surface area contributed by atoms with Gasteiger partial charge in [0.15, 0.2) is 5.71 Å². The summed E-state index contributed by atoms with van der Waals surface area (Å²) < 4.78 is 2.44. The SMILES string of the molecule is CC[N+]1=C(/C=C/C=C/C=C/C=C2\N(CCCCCC(C)=O)c3ccc(C)cc3C2(C)C)C(C)(C)c2cc(C)ccc21. The van der Waals surface area contributed by atoms with Gasteiger partial charge in [-0.05, 0) is 78.2 Å². The number of hydrogen-bond donors (Lipinski definition) is 0. The average molecular weight is 550 g/mol. The molecule has 2 heterocycles. The summed E-state index contributed by atoms with van der Waals surface area (Å²) in [4.78, 5) is 13.8. The summed E-state index contributed by atoms with van der Waals surface area (Å²) in [5, 5.41) is 0. The molecule has 0 fully saturated rings. The molecule has 0 saturated heterocycles. The number of carbonyl (C=O) groups is 1. The highest BCUT2D eigenvalue weighted by atomic mass is 16.1. The number of fused-ring (bicyclic) bond motifs is 2. The van der Waals surface area contributed by atoms with Gasteiger partial charge in [0.1, 0.15) is 12.3 Å². The normalized spacial score (nSPS) is 18.4. The number of Topliss-reactive ketones (excluding diaryl/α,β-unsaturated/α-hetero) is 1. The van der Waals surface area contributed by atoms with Crippen LogP contribution in [0, 0.1) is 13.8 Å². The Hall–Kier alpha value is -3.46. The van der Waals surface area contributed by atoms with Crippen LogP contribution in [0.25, 0.3) is 0 Å².